The lowest BCUT2D eigenvalue weighted by Crippen LogP contribution is -2.37. The minimum Gasteiger partial charge on any atom is -0.459 e. The summed E-state index contributed by atoms with van der Waals surface area (Å²) in [6.07, 6.45) is -0.0436. The van der Waals surface area contributed by atoms with Crippen molar-refractivity contribution in [3.63, 3.8) is 0 Å². The average Bonchev–Trinajstić information content (AvgIpc) is 2.67. The maximum absolute atomic E-state index is 11.6. The van der Waals surface area contributed by atoms with E-state index in [1.807, 2.05) is 0 Å². The number of hydrogen-bond donors (Lipinski definition) is 4. The van der Waals surface area contributed by atoms with Crippen LogP contribution in [0.5, 0.6) is 0 Å². The largest absolute Gasteiger partial charge is 0.469 e. The number of rotatable bonds is 16. The lowest BCUT2D eigenvalue weighted by atomic mass is 10.3. The van der Waals surface area contributed by atoms with Crippen molar-refractivity contribution < 1.29 is 47.5 Å². The van der Waals surface area contributed by atoms with Gasteiger partial charge in [0.2, 0.25) is 0 Å². The number of hydrogen-bond acceptors (Lipinski definition) is 8. The zero-order valence-electron chi connectivity index (χ0n) is 17.8. The summed E-state index contributed by atoms with van der Waals surface area (Å²) in [5, 5.41) is 5.08. The fourth-order valence-electron chi connectivity index (χ4n) is 1.77. The second-order valence-electron chi connectivity index (χ2n) is 6.46. The number of phosphoric ester groups is 1. The van der Waals surface area contributed by atoms with Gasteiger partial charge in [-0.25, -0.2) is 18.9 Å². The van der Waals surface area contributed by atoms with E-state index in [1.165, 1.54) is 13.8 Å². The Morgan fingerprint density at radius 2 is 1.35 bits per heavy atom. The normalized spacial score (nSPS) is 11.0. The van der Waals surface area contributed by atoms with Crippen LogP contribution in [0.2, 0.25) is 0 Å². The monoisotopic (exact) mass is 466 g/mol. The van der Waals surface area contributed by atoms with E-state index in [1.54, 1.807) is 0 Å². The molecule has 0 heterocycles. The first-order valence-corrected chi connectivity index (χ1v) is 10.9. The molecule has 0 saturated heterocycles. The summed E-state index contributed by atoms with van der Waals surface area (Å²) in [7, 11) is -4.50. The maximum atomic E-state index is 11.6. The van der Waals surface area contributed by atoms with Gasteiger partial charge < -0.3 is 34.6 Å². The van der Waals surface area contributed by atoms with E-state index in [0.29, 0.717) is 6.42 Å². The Kier molecular flexibility index (Phi) is 14.4. The molecule has 0 aromatic heterocycles. The molecule has 2 amide bonds. The van der Waals surface area contributed by atoms with Crippen LogP contribution in [-0.2, 0) is 32.9 Å². The Balaban J connectivity index is 4.12. The summed E-state index contributed by atoms with van der Waals surface area (Å²) in [6.45, 7) is 10.1. The third-order valence-electron chi connectivity index (χ3n) is 3.32. The summed E-state index contributed by atoms with van der Waals surface area (Å²) in [5.41, 5.74) is 0.447. The highest BCUT2D eigenvalue weighted by atomic mass is 31.2. The molecule has 31 heavy (non-hydrogen) atoms. The third-order valence-corrected chi connectivity index (χ3v) is 3.84. The zero-order chi connectivity index (χ0) is 23.9. The molecule has 0 aliphatic rings. The molecule has 0 rings (SSSR count). The number of ether oxygens (including phenoxy) is 3. The smallest absolute Gasteiger partial charge is 0.459 e. The third kappa shape index (κ3) is 17.2. The van der Waals surface area contributed by atoms with Crippen LogP contribution >= 0.6 is 7.82 Å². The van der Waals surface area contributed by atoms with Gasteiger partial charge in [0.05, 0.1) is 6.61 Å². The molecule has 0 aliphatic carbocycles. The van der Waals surface area contributed by atoms with Gasteiger partial charge in [0, 0.05) is 30.8 Å². The maximum Gasteiger partial charge on any atom is 0.469 e. The van der Waals surface area contributed by atoms with Crippen LogP contribution in [0, 0.1) is 0 Å². The van der Waals surface area contributed by atoms with Crippen molar-refractivity contribution in [3.05, 3.63) is 24.3 Å². The van der Waals surface area contributed by atoms with Crippen LogP contribution in [0.4, 0.5) is 4.79 Å². The molecule has 4 N–H and O–H groups in total. The van der Waals surface area contributed by atoms with Crippen LogP contribution in [-0.4, -0.2) is 73.4 Å². The van der Waals surface area contributed by atoms with E-state index in [9.17, 15) is 18.9 Å². The highest BCUT2D eigenvalue weighted by molar-refractivity contribution is 7.46. The van der Waals surface area contributed by atoms with E-state index in [0.717, 1.165) is 0 Å². The molecule has 0 aromatic carbocycles. The molecule has 0 radical (unpaired) electrons. The van der Waals surface area contributed by atoms with Crippen molar-refractivity contribution in [2.75, 3.05) is 39.5 Å². The standard InChI is InChI=1S/C18H31N2O10P/c1-13(2)16(21)28-11-15(12-29-17(22)14(3)4)27-9-5-7-19-18(23)20-8-6-10-30-31(24,25)26/h15H,1,3,5-12H2,2,4H3,(H2,19,20,23)(H2,24,25,26). The SMILES string of the molecule is C=C(C)C(=O)OCC(COC(=O)C(=C)C)OCCCNC(=O)NCCCOP(=O)(O)O. The van der Waals surface area contributed by atoms with Gasteiger partial charge in [-0.2, -0.15) is 0 Å². The highest BCUT2D eigenvalue weighted by Gasteiger charge is 2.16. The molecule has 13 heteroatoms. The summed E-state index contributed by atoms with van der Waals surface area (Å²) >= 11 is 0. The van der Waals surface area contributed by atoms with Crippen molar-refractivity contribution in [3.8, 4) is 0 Å². The number of esters is 2. The second-order valence-corrected chi connectivity index (χ2v) is 7.70. The van der Waals surface area contributed by atoms with Crippen molar-refractivity contribution in [2.45, 2.75) is 32.8 Å². The van der Waals surface area contributed by atoms with Gasteiger partial charge >= 0.3 is 25.8 Å². The Labute approximate surface area is 181 Å². The Bertz CT molecular complexity index is 646. The van der Waals surface area contributed by atoms with E-state index in [2.05, 4.69) is 28.3 Å². The first-order valence-electron chi connectivity index (χ1n) is 9.41. The summed E-state index contributed by atoms with van der Waals surface area (Å²) in [5.74, 6) is -1.19. The van der Waals surface area contributed by atoms with Gasteiger partial charge in [0.15, 0.2) is 0 Å². The van der Waals surface area contributed by atoms with Crippen molar-refractivity contribution in [1.29, 1.82) is 0 Å². The minimum absolute atomic E-state index is 0.139. The second kappa shape index (κ2) is 15.5. The Hall–Kier alpha value is -2.24. The van der Waals surface area contributed by atoms with Gasteiger partial charge in [0.1, 0.15) is 19.3 Å². The molecular weight excluding hydrogens is 435 g/mol. The fraction of sp³-hybridized carbons (Fsp3) is 0.611. The molecule has 0 unspecified atom stereocenters. The van der Waals surface area contributed by atoms with Crippen LogP contribution < -0.4 is 10.6 Å². The molecule has 0 fully saturated rings. The quantitative estimate of drug-likeness (QED) is 0.110. The Morgan fingerprint density at radius 3 is 1.77 bits per heavy atom. The van der Waals surface area contributed by atoms with Crippen molar-refractivity contribution >= 4 is 25.8 Å². The number of phosphoric acid groups is 1. The molecule has 0 aromatic rings. The number of nitrogens with one attached hydrogen (secondary N) is 2. The molecule has 0 aliphatic heterocycles. The van der Waals surface area contributed by atoms with Gasteiger partial charge in [-0.1, -0.05) is 13.2 Å². The summed E-state index contributed by atoms with van der Waals surface area (Å²) in [6, 6.07) is -0.460. The number of urea groups is 1. The zero-order valence-corrected chi connectivity index (χ0v) is 18.7. The number of amides is 2. The predicted octanol–water partition coefficient (Wildman–Crippen LogP) is 0.799. The van der Waals surface area contributed by atoms with Crippen LogP contribution in [0.1, 0.15) is 26.7 Å². The molecular formula is C18H31N2O10P. The molecule has 12 nitrogen and oxygen atoms in total. The van der Waals surface area contributed by atoms with Crippen LogP contribution in [0.3, 0.4) is 0 Å². The van der Waals surface area contributed by atoms with Gasteiger partial charge in [-0.05, 0) is 26.7 Å². The molecule has 0 atom stereocenters. The molecule has 0 spiro atoms. The van der Waals surface area contributed by atoms with Crippen LogP contribution in [0.25, 0.3) is 0 Å². The molecule has 178 valence electrons. The van der Waals surface area contributed by atoms with E-state index < -0.39 is 31.9 Å². The van der Waals surface area contributed by atoms with Crippen LogP contribution in [0.15, 0.2) is 24.3 Å². The van der Waals surface area contributed by atoms with Gasteiger partial charge in [0.25, 0.3) is 0 Å². The lowest BCUT2D eigenvalue weighted by molar-refractivity contribution is -0.150. The fourth-order valence-corrected chi connectivity index (χ4v) is 2.14. The summed E-state index contributed by atoms with van der Waals surface area (Å²) in [4.78, 5) is 51.7. The molecule has 0 bridgehead atoms. The van der Waals surface area contributed by atoms with Gasteiger partial charge in [-0.15, -0.1) is 0 Å². The first kappa shape index (κ1) is 28.8. The van der Waals surface area contributed by atoms with E-state index in [4.69, 9.17) is 24.0 Å². The van der Waals surface area contributed by atoms with Gasteiger partial charge in [-0.3, -0.25) is 4.52 Å². The van der Waals surface area contributed by atoms with E-state index >= 15 is 0 Å². The Morgan fingerprint density at radius 1 is 0.903 bits per heavy atom. The highest BCUT2D eigenvalue weighted by Crippen LogP contribution is 2.35. The lowest BCUT2D eigenvalue weighted by Gasteiger charge is -2.18. The first-order chi connectivity index (χ1) is 14.4. The minimum atomic E-state index is -4.50. The average molecular weight is 466 g/mol. The van der Waals surface area contributed by atoms with Crippen molar-refractivity contribution in [2.24, 2.45) is 0 Å². The number of carbonyl (C=O) groups excluding carboxylic acids is 3. The topological polar surface area (TPSA) is 170 Å². The summed E-state index contributed by atoms with van der Waals surface area (Å²) < 4.78 is 30.3. The van der Waals surface area contributed by atoms with E-state index in [-0.39, 0.29) is 57.1 Å². The van der Waals surface area contributed by atoms with Crippen molar-refractivity contribution in [1.82, 2.24) is 10.6 Å². The number of carbonyl (C=O) groups is 3. The predicted molar refractivity (Wildman–Crippen MR) is 110 cm³/mol. The molecule has 0 saturated carbocycles.